The highest BCUT2D eigenvalue weighted by Gasteiger charge is 2.31. The van der Waals surface area contributed by atoms with E-state index >= 15 is 4.39 Å². The number of alkyl halides is 1. The molecule has 4 atom stereocenters. The van der Waals surface area contributed by atoms with Crippen molar-refractivity contribution in [1.82, 2.24) is 15.3 Å². The molecule has 10 nitrogen and oxygen atoms in total. The predicted molar refractivity (Wildman–Crippen MR) is 147 cm³/mol. The lowest BCUT2D eigenvalue weighted by Crippen LogP contribution is -2.32. The number of nitrogens with zero attached hydrogens (tertiary/aromatic N) is 2. The number of amides is 1. The lowest BCUT2D eigenvalue weighted by atomic mass is 9.84. The van der Waals surface area contributed by atoms with Gasteiger partial charge in [0.1, 0.15) is 29.3 Å². The van der Waals surface area contributed by atoms with Crippen LogP contribution in [-0.2, 0) is 9.09 Å². The normalized spacial score (nSPS) is 20.2. The summed E-state index contributed by atoms with van der Waals surface area (Å²) in [5.74, 6) is -2.89. The number of rotatable bonds is 8. The summed E-state index contributed by atoms with van der Waals surface area (Å²) >= 11 is 1.83. The first kappa shape index (κ1) is 30.3. The highest BCUT2D eigenvalue weighted by Crippen LogP contribution is 2.38. The molecule has 0 radical (unpaired) electrons. The van der Waals surface area contributed by atoms with Crippen molar-refractivity contribution in [2.24, 2.45) is 0 Å². The molecule has 214 valence electrons. The number of carbonyl (C=O) groups is 1. The fourth-order valence-electron chi connectivity index (χ4n) is 4.44. The minimum Gasteiger partial charge on any atom is -0.390 e. The number of anilines is 1. The zero-order valence-corrected chi connectivity index (χ0v) is 23.7. The third-order valence-electron chi connectivity index (χ3n) is 6.46. The van der Waals surface area contributed by atoms with Crippen molar-refractivity contribution < 1.29 is 41.9 Å². The van der Waals surface area contributed by atoms with Crippen molar-refractivity contribution in [3.8, 4) is 11.3 Å². The molecular formula is C25H25F3IN4O6P. The number of hydrogen-bond donors (Lipinski definition) is 5. The van der Waals surface area contributed by atoms with Gasteiger partial charge in [-0.25, -0.2) is 27.7 Å². The SMILES string of the molecule is Nc1ncc([C@H]2CC[C@H](O)[C@@H](F)C2)nc1-c1ccc(C(=O)N[C@@H](COP(=O)(O)O)c2cc(F)cc(I)c2)c(F)c1. The largest absolute Gasteiger partial charge is 0.469 e. The number of phosphoric ester groups is 1. The van der Waals surface area contributed by atoms with Crippen LogP contribution in [-0.4, -0.2) is 49.7 Å². The van der Waals surface area contributed by atoms with Gasteiger partial charge in [0.25, 0.3) is 5.91 Å². The number of benzene rings is 2. The Morgan fingerprint density at radius 2 is 1.98 bits per heavy atom. The monoisotopic (exact) mass is 692 g/mol. The molecule has 1 amide bonds. The van der Waals surface area contributed by atoms with Gasteiger partial charge in [-0.15, -0.1) is 0 Å². The van der Waals surface area contributed by atoms with Crippen molar-refractivity contribution >= 4 is 42.1 Å². The summed E-state index contributed by atoms with van der Waals surface area (Å²) in [6.07, 6.45) is -0.199. The van der Waals surface area contributed by atoms with Gasteiger partial charge in [0.05, 0.1) is 36.2 Å². The van der Waals surface area contributed by atoms with Gasteiger partial charge in [-0.05, 0) is 77.7 Å². The quantitative estimate of drug-likeness (QED) is 0.172. The van der Waals surface area contributed by atoms with E-state index in [4.69, 9.17) is 15.5 Å². The van der Waals surface area contributed by atoms with Crippen LogP contribution in [0.3, 0.4) is 0 Å². The third kappa shape index (κ3) is 7.56. The summed E-state index contributed by atoms with van der Waals surface area (Å²) < 4.78 is 59.4. The molecule has 0 saturated heterocycles. The van der Waals surface area contributed by atoms with Gasteiger partial charge in [0.15, 0.2) is 0 Å². The number of phosphoric acid groups is 1. The first-order valence-corrected chi connectivity index (χ1v) is 14.6. The van der Waals surface area contributed by atoms with Crippen LogP contribution < -0.4 is 11.1 Å². The standard InChI is InChI=1S/C25H25F3IN4O6P/c26-15-5-14(6-16(29)9-15)21(11-39-40(36,37)38)33-25(35)17-3-1-13(8-18(17)27)23-24(30)31-10-20(32-23)12-2-4-22(34)19(28)7-12/h1,3,5-6,8-10,12,19,21-22,34H,2,4,7,11H2,(H2,30,31)(H,33,35)(H2,36,37,38)/t12-,19-,21-,22-/m0/s1. The van der Waals surface area contributed by atoms with Crippen molar-refractivity contribution in [2.45, 2.75) is 43.5 Å². The number of carbonyl (C=O) groups excluding carboxylic acids is 1. The van der Waals surface area contributed by atoms with E-state index in [1.165, 1.54) is 30.5 Å². The highest BCUT2D eigenvalue weighted by atomic mass is 127. The van der Waals surface area contributed by atoms with Crippen molar-refractivity contribution in [1.29, 1.82) is 0 Å². The summed E-state index contributed by atoms with van der Waals surface area (Å²) in [6.45, 7) is -0.716. The maximum absolute atomic E-state index is 15.2. The van der Waals surface area contributed by atoms with Crippen LogP contribution in [0.5, 0.6) is 0 Å². The van der Waals surface area contributed by atoms with E-state index in [-0.39, 0.29) is 41.4 Å². The molecule has 4 rings (SSSR count). The molecule has 15 heteroatoms. The number of aromatic nitrogens is 2. The lowest BCUT2D eigenvalue weighted by molar-refractivity contribution is 0.0363. The van der Waals surface area contributed by atoms with Crippen LogP contribution in [0.4, 0.5) is 19.0 Å². The van der Waals surface area contributed by atoms with Crippen molar-refractivity contribution in [2.75, 3.05) is 12.3 Å². The summed E-state index contributed by atoms with van der Waals surface area (Å²) in [5.41, 5.74) is 6.48. The number of nitrogens with one attached hydrogen (secondary N) is 1. The van der Waals surface area contributed by atoms with Gasteiger partial charge >= 0.3 is 7.82 Å². The average molecular weight is 692 g/mol. The van der Waals surface area contributed by atoms with E-state index in [0.717, 1.165) is 12.1 Å². The molecule has 1 fully saturated rings. The summed E-state index contributed by atoms with van der Waals surface area (Å²) in [6, 6.07) is 6.09. The Hall–Kier alpha value is -2.62. The van der Waals surface area contributed by atoms with Crippen molar-refractivity contribution in [3.05, 3.63) is 74.6 Å². The Morgan fingerprint density at radius 1 is 1.23 bits per heavy atom. The molecule has 0 bridgehead atoms. The summed E-state index contributed by atoms with van der Waals surface area (Å²) in [5, 5.41) is 12.1. The Labute approximate surface area is 240 Å². The molecule has 3 aromatic rings. The third-order valence-corrected chi connectivity index (χ3v) is 7.57. The molecule has 0 spiro atoms. The lowest BCUT2D eigenvalue weighted by Gasteiger charge is -2.28. The molecule has 0 aliphatic heterocycles. The number of hydrogen-bond acceptors (Lipinski definition) is 7. The Kier molecular flexibility index (Phi) is 9.47. The summed E-state index contributed by atoms with van der Waals surface area (Å²) in [7, 11) is -4.93. The first-order valence-electron chi connectivity index (χ1n) is 12.0. The fraction of sp³-hybridized carbons (Fsp3) is 0.320. The average Bonchev–Trinajstić information content (AvgIpc) is 2.87. The Balaban J connectivity index is 1.58. The number of aliphatic hydroxyl groups excluding tert-OH is 1. The van der Waals surface area contributed by atoms with E-state index in [0.29, 0.717) is 15.7 Å². The molecule has 1 saturated carbocycles. The molecular weight excluding hydrogens is 667 g/mol. The van der Waals surface area contributed by atoms with Crippen LogP contribution in [0.15, 0.2) is 42.6 Å². The molecule has 2 aromatic carbocycles. The maximum atomic E-state index is 15.2. The Morgan fingerprint density at radius 3 is 2.62 bits per heavy atom. The van der Waals surface area contributed by atoms with Gasteiger partial charge < -0.3 is 25.9 Å². The smallest absolute Gasteiger partial charge is 0.390 e. The van der Waals surface area contributed by atoms with Gasteiger partial charge in [-0.1, -0.05) is 6.07 Å². The highest BCUT2D eigenvalue weighted by molar-refractivity contribution is 14.1. The van der Waals surface area contributed by atoms with E-state index < -0.39 is 55.9 Å². The number of nitrogens with two attached hydrogens (primary N) is 1. The van der Waals surface area contributed by atoms with E-state index in [1.807, 2.05) is 22.6 Å². The topological polar surface area (TPSA) is 168 Å². The van der Waals surface area contributed by atoms with Crippen LogP contribution in [0.2, 0.25) is 0 Å². The van der Waals surface area contributed by atoms with Crippen LogP contribution in [0, 0.1) is 15.2 Å². The minimum atomic E-state index is -4.93. The molecule has 6 N–H and O–H groups in total. The molecule has 1 aromatic heterocycles. The maximum Gasteiger partial charge on any atom is 0.469 e. The zero-order valence-electron chi connectivity index (χ0n) is 20.7. The second-order valence-corrected chi connectivity index (χ2v) is 11.8. The molecule has 1 heterocycles. The van der Waals surface area contributed by atoms with Crippen LogP contribution >= 0.6 is 30.4 Å². The molecule has 1 aliphatic carbocycles. The second-order valence-electron chi connectivity index (χ2n) is 9.33. The van der Waals surface area contributed by atoms with E-state index in [9.17, 15) is 23.2 Å². The summed E-state index contributed by atoms with van der Waals surface area (Å²) in [4.78, 5) is 39.7. The molecule has 40 heavy (non-hydrogen) atoms. The number of halogens is 4. The predicted octanol–water partition coefficient (Wildman–Crippen LogP) is 4.16. The van der Waals surface area contributed by atoms with Crippen molar-refractivity contribution in [3.63, 3.8) is 0 Å². The van der Waals surface area contributed by atoms with Crippen LogP contribution in [0.25, 0.3) is 11.3 Å². The molecule has 0 unspecified atom stereocenters. The number of nitrogen functional groups attached to an aromatic ring is 1. The van der Waals surface area contributed by atoms with E-state index in [1.54, 1.807) is 0 Å². The fourth-order valence-corrected chi connectivity index (χ4v) is 5.44. The van der Waals surface area contributed by atoms with Gasteiger partial charge in [0, 0.05) is 15.1 Å². The van der Waals surface area contributed by atoms with E-state index in [2.05, 4.69) is 19.8 Å². The number of aliphatic hydroxyl groups is 1. The first-order chi connectivity index (χ1) is 18.8. The molecule has 1 aliphatic rings. The van der Waals surface area contributed by atoms with Gasteiger partial charge in [-0.3, -0.25) is 9.32 Å². The Bertz CT molecular complexity index is 1440. The van der Waals surface area contributed by atoms with Gasteiger partial charge in [0.2, 0.25) is 0 Å². The zero-order chi connectivity index (χ0) is 29.2. The second kappa shape index (κ2) is 12.5. The van der Waals surface area contributed by atoms with Gasteiger partial charge in [-0.2, -0.15) is 0 Å². The minimum absolute atomic E-state index is 0.0108. The van der Waals surface area contributed by atoms with Crippen LogP contribution in [0.1, 0.15) is 52.8 Å².